The molecule has 0 aliphatic heterocycles. The van der Waals surface area contributed by atoms with Crippen LogP contribution >= 0.6 is 24.8 Å². The van der Waals surface area contributed by atoms with Gasteiger partial charge in [-0.25, -0.2) is 0 Å². The molecule has 0 unspecified atom stereocenters. The molecule has 0 amide bonds. The van der Waals surface area contributed by atoms with Crippen LogP contribution in [0.4, 0.5) is 0 Å². The van der Waals surface area contributed by atoms with Gasteiger partial charge in [0.2, 0.25) is 0 Å². The molecule has 0 nitrogen and oxygen atoms in total. The Hall–Kier alpha value is -3.78. The molecular weight excluding hydrogens is 839 g/mol. The number of halogens is 2. The van der Waals surface area contributed by atoms with E-state index in [4.69, 9.17) is 0 Å². The van der Waals surface area contributed by atoms with Crippen LogP contribution in [0.25, 0.3) is 66.1 Å². The summed E-state index contributed by atoms with van der Waals surface area (Å²) < 4.78 is 0. The van der Waals surface area contributed by atoms with Crippen LogP contribution in [0.1, 0.15) is 63.5 Å². The second-order valence-corrected chi connectivity index (χ2v) is 14.1. The zero-order valence-corrected chi connectivity index (χ0v) is 39.7. The van der Waals surface area contributed by atoms with Gasteiger partial charge in [-0.1, -0.05) is 231 Å². The number of hydrogen-bond acceptors (Lipinski definition) is 0. The number of rotatable bonds is 12. The Labute approximate surface area is 379 Å². The molecular formula is C54H58Cl2SiZr-4. The SMILES string of the molecule is CCCCCc1cc2c(-c3ccccc3)ccc(-c3ccccc3)c2[cH-]1.CCCCCc1cc2c(-c3ccccc3)ccc(-c3ccccc3)c2[cH-]1.Cl.Cl.[CH3-].[CH3-].[Si]=[Zr]. The Bertz CT molecular complexity index is 2010. The molecule has 0 aromatic heterocycles. The summed E-state index contributed by atoms with van der Waals surface area (Å²) in [7, 11) is 0. The van der Waals surface area contributed by atoms with Gasteiger partial charge in [-0.2, -0.15) is 12.1 Å². The van der Waals surface area contributed by atoms with Crippen molar-refractivity contribution in [2.24, 2.45) is 0 Å². The van der Waals surface area contributed by atoms with E-state index >= 15 is 0 Å². The molecule has 58 heavy (non-hydrogen) atoms. The van der Waals surface area contributed by atoms with E-state index in [0.717, 1.165) is 0 Å². The van der Waals surface area contributed by atoms with E-state index < -0.39 is 0 Å². The molecule has 0 saturated heterocycles. The van der Waals surface area contributed by atoms with Crippen LogP contribution in [0, 0.1) is 14.9 Å². The Morgan fingerprint density at radius 3 is 0.966 bits per heavy atom. The fourth-order valence-electron chi connectivity index (χ4n) is 7.64. The second kappa shape index (κ2) is 26.3. The van der Waals surface area contributed by atoms with Crippen LogP contribution in [0.5, 0.6) is 0 Å². The zero-order chi connectivity index (χ0) is 37.5. The van der Waals surface area contributed by atoms with Crippen LogP contribution in [0.3, 0.4) is 0 Å². The van der Waals surface area contributed by atoms with Crippen molar-refractivity contribution >= 4 is 53.2 Å². The van der Waals surface area contributed by atoms with Crippen LogP contribution in [0.15, 0.2) is 170 Å². The number of fused-ring (bicyclic) bond motifs is 2. The van der Waals surface area contributed by atoms with E-state index in [-0.39, 0.29) is 39.7 Å². The summed E-state index contributed by atoms with van der Waals surface area (Å²) in [4.78, 5) is 0. The van der Waals surface area contributed by atoms with Crippen LogP contribution in [-0.4, -0.2) is 6.88 Å². The summed E-state index contributed by atoms with van der Waals surface area (Å²) in [5, 5.41) is 5.52. The van der Waals surface area contributed by atoms with E-state index in [2.05, 4.69) is 191 Å². The standard InChI is InChI=1S/2C26H25.2CH3.2ClH.Si.Zr/c2*1-2-3-6-11-20-18-25-23(21-12-7-4-8-13-21)16-17-24(26(25)19-20)22-14-9-5-10-15-22;;;;;;/h2*4-5,7-10,12-19H,2-3,6,11H2,1H3;2*1H3;2*1H;;/q4*-1;;;;. The van der Waals surface area contributed by atoms with E-state index in [1.165, 1.54) is 152 Å². The van der Waals surface area contributed by atoms with Gasteiger partial charge < -0.3 is 14.9 Å². The van der Waals surface area contributed by atoms with Crippen molar-refractivity contribution in [3.63, 3.8) is 0 Å². The molecule has 0 atom stereocenters. The molecule has 0 bridgehead atoms. The van der Waals surface area contributed by atoms with Gasteiger partial charge in [-0.05, 0) is 24.0 Å². The van der Waals surface area contributed by atoms with Gasteiger partial charge in [-0.3, -0.25) is 0 Å². The van der Waals surface area contributed by atoms with Gasteiger partial charge in [0, 0.05) is 0 Å². The fraction of sp³-hybridized carbons (Fsp3) is 0.185. The molecule has 8 aromatic carbocycles. The third kappa shape index (κ3) is 12.6. The minimum absolute atomic E-state index is 0. The Balaban J connectivity index is 0.000000360. The minimum atomic E-state index is 0. The van der Waals surface area contributed by atoms with E-state index in [1.807, 2.05) is 0 Å². The van der Waals surface area contributed by atoms with Gasteiger partial charge in [0.25, 0.3) is 0 Å². The summed E-state index contributed by atoms with van der Waals surface area (Å²) in [6.07, 6.45) is 10.0. The van der Waals surface area contributed by atoms with Gasteiger partial charge in [-0.15, -0.1) is 69.6 Å². The summed E-state index contributed by atoms with van der Waals surface area (Å²) in [5.74, 6) is 0. The third-order valence-corrected chi connectivity index (χ3v) is 10.4. The van der Waals surface area contributed by atoms with E-state index in [9.17, 15) is 0 Å². The first-order chi connectivity index (χ1) is 26.7. The van der Waals surface area contributed by atoms with Gasteiger partial charge >= 0.3 is 30.2 Å². The molecule has 0 heterocycles. The predicted molar refractivity (Wildman–Crippen MR) is 260 cm³/mol. The summed E-state index contributed by atoms with van der Waals surface area (Å²) in [6, 6.07) is 61.8. The Morgan fingerprint density at radius 2 is 0.672 bits per heavy atom. The van der Waals surface area contributed by atoms with Crippen molar-refractivity contribution in [3.05, 3.63) is 196 Å². The maximum absolute atomic E-state index is 3.06. The number of hydrogen-bond donors (Lipinski definition) is 0. The molecule has 4 heteroatoms. The molecule has 8 rings (SSSR count). The van der Waals surface area contributed by atoms with Crippen molar-refractivity contribution in [2.45, 2.75) is 65.2 Å². The molecule has 0 spiro atoms. The summed E-state index contributed by atoms with van der Waals surface area (Å²) in [6.45, 7) is 7.59. The van der Waals surface area contributed by atoms with Crippen LogP contribution < -0.4 is 0 Å². The second-order valence-electron chi connectivity index (χ2n) is 14.1. The quantitative estimate of drug-likeness (QED) is 0.0651. The Kier molecular flexibility index (Phi) is 22.9. The average molecular weight is 897 g/mol. The normalized spacial score (nSPS) is 10.0. The molecule has 0 saturated carbocycles. The van der Waals surface area contributed by atoms with Crippen molar-refractivity contribution in [2.75, 3.05) is 0 Å². The molecule has 0 fully saturated rings. The monoisotopic (exact) mass is 894 g/mol. The molecule has 0 N–H and O–H groups in total. The molecule has 2 radical (unpaired) electrons. The van der Waals surface area contributed by atoms with Crippen LogP contribution in [0.2, 0.25) is 0 Å². The van der Waals surface area contributed by atoms with Crippen molar-refractivity contribution < 1.29 is 23.3 Å². The first kappa shape index (κ1) is 50.4. The van der Waals surface area contributed by atoms with Gasteiger partial charge in [0.1, 0.15) is 0 Å². The molecule has 8 aromatic rings. The number of unbranched alkanes of at least 4 members (excludes halogenated alkanes) is 4. The van der Waals surface area contributed by atoms with E-state index in [0.29, 0.717) is 0 Å². The zero-order valence-electron chi connectivity index (χ0n) is 34.6. The van der Waals surface area contributed by atoms with Crippen molar-refractivity contribution in [1.29, 1.82) is 0 Å². The number of aryl methyl sites for hydroxylation is 2. The van der Waals surface area contributed by atoms with Crippen molar-refractivity contribution in [3.8, 4) is 44.5 Å². The summed E-state index contributed by atoms with van der Waals surface area (Å²) >= 11 is 1.36. The molecule has 0 aliphatic carbocycles. The fourth-order valence-corrected chi connectivity index (χ4v) is 7.64. The van der Waals surface area contributed by atoms with Gasteiger partial charge in [0.15, 0.2) is 0 Å². The number of benzene rings is 6. The van der Waals surface area contributed by atoms with Gasteiger partial charge in [0.05, 0.1) is 0 Å². The molecule has 0 aliphatic rings. The maximum atomic E-state index is 3.06. The first-order valence-corrected chi connectivity index (χ1v) is 23.8. The molecule has 300 valence electrons. The average Bonchev–Trinajstić information content (AvgIpc) is 3.88. The van der Waals surface area contributed by atoms with Crippen molar-refractivity contribution in [1.82, 2.24) is 0 Å². The Morgan fingerprint density at radius 1 is 0.397 bits per heavy atom. The van der Waals surface area contributed by atoms with E-state index in [1.54, 1.807) is 0 Å². The predicted octanol–water partition coefficient (Wildman–Crippen LogP) is 16.6. The topological polar surface area (TPSA) is 0 Å². The first-order valence-electron chi connectivity index (χ1n) is 19.6. The van der Waals surface area contributed by atoms with Crippen LogP contribution in [-0.2, 0) is 36.2 Å². The third-order valence-electron chi connectivity index (χ3n) is 10.4. The summed E-state index contributed by atoms with van der Waals surface area (Å²) in [5.41, 5.74) is 13.5.